The van der Waals surface area contributed by atoms with E-state index in [2.05, 4.69) is 20.9 Å². The summed E-state index contributed by atoms with van der Waals surface area (Å²) in [5, 5.41) is 8.68. The second kappa shape index (κ2) is 4.25. The first-order chi connectivity index (χ1) is 7.58. The van der Waals surface area contributed by atoms with Gasteiger partial charge in [-0.3, -0.25) is 4.79 Å². The van der Waals surface area contributed by atoms with Crippen LogP contribution in [0.5, 0.6) is 0 Å². The average molecular weight is 283 g/mol. The number of aromatic nitrogens is 2. The molecule has 2 aromatic heterocycles. The normalized spacial score (nSPS) is 10.9. The van der Waals surface area contributed by atoms with Crippen molar-refractivity contribution in [2.75, 3.05) is 0 Å². The average Bonchev–Trinajstić information content (AvgIpc) is 2.50. The van der Waals surface area contributed by atoms with Crippen LogP contribution in [-0.4, -0.2) is 20.5 Å². The van der Waals surface area contributed by atoms with E-state index in [1.807, 2.05) is 29.7 Å². The van der Waals surface area contributed by atoms with Crippen LogP contribution in [0.2, 0.25) is 0 Å². The highest BCUT2D eigenvalue weighted by atomic mass is 79.9. The summed E-state index contributed by atoms with van der Waals surface area (Å²) in [6.45, 7) is 1.90. The largest absolute Gasteiger partial charge is 0.481 e. The third kappa shape index (κ3) is 2.09. The molecule has 0 atom stereocenters. The predicted octanol–water partition coefficient (Wildman–Crippen LogP) is 2.42. The summed E-state index contributed by atoms with van der Waals surface area (Å²) >= 11 is 3.38. The number of pyridine rings is 1. The lowest BCUT2D eigenvalue weighted by atomic mass is 10.2. The summed E-state index contributed by atoms with van der Waals surface area (Å²) < 4.78 is 2.90. The van der Waals surface area contributed by atoms with E-state index < -0.39 is 5.97 Å². The first kappa shape index (κ1) is 11.1. The second-order valence-electron chi connectivity index (χ2n) is 3.61. The third-order valence-electron chi connectivity index (χ3n) is 2.46. The molecule has 0 saturated carbocycles. The van der Waals surface area contributed by atoms with E-state index in [1.165, 1.54) is 0 Å². The highest BCUT2D eigenvalue weighted by Gasteiger charge is 2.10. The van der Waals surface area contributed by atoms with Crippen molar-refractivity contribution in [3.05, 3.63) is 34.2 Å². The van der Waals surface area contributed by atoms with Crippen LogP contribution >= 0.6 is 15.9 Å². The number of aryl methyl sites for hydroxylation is 2. The Hall–Kier alpha value is -1.36. The number of carboxylic acids is 1. The molecule has 0 saturated heterocycles. The van der Waals surface area contributed by atoms with Crippen molar-refractivity contribution in [2.45, 2.75) is 19.8 Å². The molecular formula is C11H11BrN2O2. The van der Waals surface area contributed by atoms with Crippen LogP contribution in [0.4, 0.5) is 0 Å². The third-order valence-corrected chi connectivity index (χ3v) is 2.96. The lowest BCUT2D eigenvalue weighted by molar-refractivity contribution is -0.136. The Bertz CT molecular complexity index is 548. The zero-order valence-corrected chi connectivity index (χ0v) is 10.4. The molecule has 2 rings (SSSR count). The van der Waals surface area contributed by atoms with Crippen molar-refractivity contribution in [3.63, 3.8) is 0 Å². The van der Waals surface area contributed by atoms with Gasteiger partial charge in [0.25, 0.3) is 0 Å². The zero-order chi connectivity index (χ0) is 11.7. The predicted molar refractivity (Wildman–Crippen MR) is 63.6 cm³/mol. The number of nitrogens with zero attached hydrogens (tertiary/aromatic N) is 2. The number of aliphatic carboxylic acids is 1. The molecule has 2 heterocycles. The Morgan fingerprint density at radius 1 is 1.62 bits per heavy atom. The molecule has 0 spiro atoms. The molecule has 0 bridgehead atoms. The molecule has 0 aliphatic rings. The number of hydrogen-bond donors (Lipinski definition) is 1. The van der Waals surface area contributed by atoms with E-state index in [9.17, 15) is 4.79 Å². The Balaban J connectivity index is 2.43. The maximum Gasteiger partial charge on any atom is 0.303 e. The molecule has 0 aliphatic heterocycles. The maximum atomic E-state index is 10.6. The van der Waals surface area contributed by atoms with Crippen molar-refractivity contribution in [1.29, 1.82) is 0 Å². The summed E-state index contributed by atoms with van der Waals surface area (Å²) in [6.07, 6.45) is 2.53. The van der Waals surface area contributed by atoms with E-state index in [1.54, 1.807) is 0 Å². The highest BCUT2D eigenvalue weighted by Crippen LogP contribution is 2.17. The number of rotatable bonds is 3. The van der Waals surface area contributed by atoms with Gasteiger partial charge in [0.15, 0.2) is 0 Å². The number of fused-ring (bicyclic) bond motifs is 1. The Morgan fingerprint density at radius 3 is 3.06 bits per heavy atom. The number of halogens is 1. The van der Waals surface area contributed by atoms with E-state index in [4.69, 9.17) is 5.11 Å². The number of carbonyl (C=O) groups is 1. The molecular weight excluding hydrogens is 272 g/mol. The van der Waals surface area contributed by atoms with E-state index in [0.717, 1.165) is 21.5 Å². The van der Waals surface area contributed by atoms with Crippen LogP contribution in [0.1, 0.15) is 17.8 Å². The van der Waals surface area contributed by atoms with Gasteiger partial charge in [0, 0.05) is 22.8 Å². The molecule has 4 nitrogen and oxygen atoms in total. The minimum Gasteiger partial charge on any atom is -0.481 e. The van der Waals surface area contributed by atoms with Gasteiger partial charge in [0.1, 0.15) is 5.65 Å². The Morgan fingerprint density at radius 2 is 2.38 bits per heavy atom. The first-order valence-electron chi connectivity index (χ1n) is 4.93. The molecule has 0 unspecified atom stereocenters. The van der Waals surface area contributed by atoms with Gasteiger partial charge >= 0.3 is 5.97 Å². The van der Waals surface area contributed by atoms with Gasteiger partial charge in [-0.1, -0.05) is 15.9 Å². The van der Waals surface area contributed by atoms with Crippen molar-refractivity contribution >= 4 is 27.5 Å². The molecule has 0 aliphatic carbocycles. The molecule has 0 radical (unpaired) electrons. The van der Waals surface area contributed by atoms with Crippen LogP contribution < -0.4 is 0 Å². The van der Waals surface area contributed by atoms with Crippen molar-refractivity contribution in [3.8, 4) is 0 Å². The maximum absolute atomic E-state index is 10.6. The Labute approximate surface area is 101 Å². The van der Waals surface area contributed by atoms with Gasteiger partial charge in [0.2, 0.25) is 0 Å². The highest BCUT2D eigenvalue weighted by molar-refractivity contribution is 9.10. The first-order valence-corrected chi connectivity index (χ1v) is 5.72. The zero-order valence-electron chi connectivity index (χ0n) is 8.77. The van der Waals surface area contributed by atoms with Crippen molar-refractivity contribution < 1.29 is 9.90 Å². The summed E-state index contributed by atoms with van der Waals surface area (Å²) in [4.78, 5) is 15.0. The van der Waals surface area contributed by atoms with Crippen molar-refractivity contribution in [1.82, 2.24) is 9.38 Å². The molecule has 0 amide bonds. The van der Waals surface area contributed by atoms with Crippen LogP contribution in [-0.2, 0) is 11.2 Å². The van der Waals surface area contributed by atoms with E-state index >= 15 is 0 Å². The van der Waals surface area contributed by atoms with Gasteiger partial charge in [0.05, 0.1) is 12.1 Å². The lowest BCUT2D eigenvalue weighted by Gasteiger charge is -2.01. The molecule has 0 aromatic carbocycles. The molecule has 16 heavy (non-hydrogen) atoms. The van der Waals surface area contributed by atoms with E-state index in [0.29, 0.717) is 6.42 Å². The van der Waals surface area contributed by atoms with Crippen LogP contribution in [0.15, 0.2) is 22.8 Å². The molecule has 5 heteroatoms. The Kier molecular flexibility index (Phi) is 2.96. The second-order valence-corrected chi connectivity index (χ2v) is 4.53. The van der Waals surface area contributed by atoms with Gasteiger partial charge in [-0.2, -0.15) is 0 Å². The lowest BCUT2D eigenvalue weighted by Crippen LogP contribution is -2.01. The fourth-order valence-electron chi connectivity index (χ4n) is 1.71. The van der Waals surface area contributed by atoms with Gasteiger partial charge < -0.3 is 9.51 Å². The van der Waals surface area contributed by atoms with Gasteiger partial charge in [-0.25, -0.2) is 4.98 Å². The monoisotopic (exact) mass is 282 g/mol. The fourth-order valence-corrected chi connectivity index (χ4v) is 2.04. The number of imidazole rings is 1. The van der Waals surface area contributed by atoms with Crippen LogP contribution in [0, 0.1) is 6.92 Å². The van der Waals surface area contributed by atoms with Crippen LogP contribution in [0.3, 0.4) is 0 Å². The standard InChI is InChI=1S/C11H11BrN2O2/c1-7-9(2-3-11(15)16)14-5-4-8(12)6-10(14)13-7/h4-6H,2-3H2,1H3,(H,15,16). The van der Waals surface area contributed by atoms with E-state index in [-0.39, 0.29) is 6.42 Å². The number of carboxylic acid groups (broad SMARTS) is 1. The fraction of sp³-hybridized carbons (Fsp3) is 0.273. The molecule has 1 N–H and O–H groups in total. The molecule has 84 valence electrons. The topological polar surface area (TPSA) is 54.6 Å². The summed E-state index contributed by atoms with van der Waals surface area (Å²) in [7, 11) is 0. The molecule has 0 fully saturated rings. The molecule has 2 aromatic rings. The van der Waals surface area contributed by atoms with Gasteiger partial charge in [-0.15, -0.1) is 0 Å². The number of hydrogen-bond acceptors (Lipinski definition) is 2. The summed E-state index contributed by atoms with van der Waals surface area (Å²) in [6, 6.07) is 3.83. The quantitative estimate of drug-likeness (QED) is 0.941. The van der Waals surface area contributed by atoms with Gasteiger partial charge in [-0.05, 0) is 19.1 Å². The van der Waals surface area contributed by atoms with Crippen molar-refractivity contribution in [2.24, 2.45) is 0 Å². The SMILES string of the molecule is Cc1nc2cc(Br)ccn2c1CCC(=O)O. The minimum atomic E-state index is -0.786. The summed E-state index contributed by atoms with van der Waals surface area (Å²) in [5.41, 5.74) is 2.69. The minimum absolute atomic E-state index is 0.130. The summed E-state index contributed by atoms with van der Waals surface area (Å²) in [5.74, 6) is -0.786. The van der Waals surface area contributed by atoms with Crippen LogP contribution in [0.25, 0.3) is 5.65 Å². The smallest absolute Gasteiger partial charge is 0.303 e.